The molecule has 1 aliphatic rings. The van der Waals surface area contributed by atoms with E-state index in [0.717, 1.165) is 40.9 Å². The van der Waals surface area contributed by atoms with E-state index in [1.807, 2.05) is 61.5 Å². The number of fused-ring (bicyclic) bond motifs is 1. The third-order valence-electron chi connectivity index (χ3n) is 4.93. The molecule has 1 atom stereocenters. The molecule has 1 fully saturated rings. The molecule has 28 heavy (non-hydrogen) atoms. The van der Waals surface area contributed by atoms with Gasteiger partial charge in [0.1, 0.15) is 6.04 Å². The van der Waals surface area contributed by atoms with E-state index in [4.69, 9.17) is 0 Å². The average molecular weight is 374 g/mol. The number of benzene rings is 2. The number of hydrogen-bond acceptors (Lipinski definition) is 4. The summed E-state index contributed by atoms with van der Waals surface area (Å²) in [6, 6.07) is 16.6. The molecule has 0 bridgehead atoms. The summed E-state index contributed by atoms with van der Waals surface area (Å²) in [6.07, 6.45) is 3.25. The van der Waals surface area contributed by atoms with Crippen LogP contribution in [0.15, 0.2) is 60.8 Å². The van der Waals surface area contributed by atoms with Crippen molar-refractivity contribution in [3.8, 4) is 0 Å². The van der Waals surface area contributed by atoms with Crippen LogP contribution < -0.4 is 15.5 Å². The Morgan fingerprint density at radius 2 is 1.93 bits per heavy atom. The molecular weight excluding hydrogens is 352 g/mol. The van der Waals surface area contributed by atoms with Crippen molar-refractivity contribution in [2.75, 3.05) is 22.1 Å². The summed E-state index contributed by atoms with van der Waals surface area (Å²) < 4.78 is 0. The molecule has 6 heteroatoms. The van der Waals surface area contributed by atoms with Crippen molar-refractivity contribution >= 4 is 39.8 Å². The Morgan fingerprint density at radius 1 is 1.11 bits per heavy atom. The minimum Gasteiger partial charge on any atom is -0.374 e. The van der Waals surface area contributed by atoms with Gasteiger partial charge in [-0.1, -0.05) is 6.07 Å². The first kappa shape index (κ1) is 18.0. The van der Waals surface area contributed by atoms with E-state index in [2.05, 4.69) is 15.6 Å². The van der Waals surface area contributed by atoms with Crippen molar-refractivity contribution in [2.45, 2.75) is 25.8 Å². The lowest BCUT2D eigenvalue weighted by Gasteiger charge is -2.18. The lowest BCUT2D eigenvalue weighted by Crippen LogP contribution is -2.32. The molecule has 6 nitrogen and oxygen atoms in total. The first-order valence-corrected chi connectivity index (χ1v) is 9.43. The fraction of sp³-hybridized carbons (Fsp3) is 0.227. The van der Waals surface area contributed by atoms with Crippen LogP contribution in [0.25, 0.3) is 10.9 Å². The first-order chi connectivity index (χ1) is 13.6. The van der Waals surface area contributed by atoms with E-state index in [0.29, 0.717) is 6.42 Å². The van der Waals surface area contributed by atoms with Crippen LogP contribution in [0.4, 0.5) is 17.1 Å². The molecule has 2 heterocycles. The molecule has 0 saturated carbocycles. The molecule has 4 rings (SSSR count). The monoisotopic (exact) mass is 374 g/mol. The lowest BCUT2D eigenvalue weighted by atomic mass is 10.1. The second kappa shape index (κ2) is 7.68. The smallest absolute Gasteiger partial charge is 0.246 e. The molecule has 2 aromatic carbocycles. The van der Waals surface area contributed by atoms with Crippen molar-refractivity contribution in [3.05, 3.63) is 60.8 Å². The Kier molecular flexibility index (Phi) is 4.93. The summed E-state index contributed by atoms with van der Waals surface area (Å²) in [5.41, 5.74) is 3.31. The maximum absolute atomic E-state index is 12.6. The Hall–Kier alpha value is -3.41. The minimum absolute atomic E-state index is 0.129. The molecule has 3 aromatic rings. The van der Waals surface area contributed by atoms with E-state index < -0.39 is 6.04 Å². The molecule has 142 valence electrons. The van der Waals surface area contributed by atoms with Gasteiger partial charge in [0, 0.05) is 35.9 Å². The predicted octanol–water partition coefficient (Wildman–Crippen LogP) is 3.80. The molecule has 0 spiro atoms. The number of anilines is 3. The average Bonchev–Trinajstić information content (AvgIpc) is 3.14. The van der Waals surface area contributed by atoms with Crippen molar-refractivity contribution < 1.29 is 9.59 Å². The fourth-order valence-electron chi connectivity index (χ4n) is 3.43. The SMILES string of the molecule is C[C@H](Nc1ccc(N2CCCC2=O)cc1)C(=O)Nc1cccc2ncccc12. The second-order valence-corrected chi connectivity index (χ2v) is 6.93. The van der Waals surface area contributed by atoms with Gasteiger partial charge in [-0.05, 0) is 61.9 Å². The predicted molar refractivity (Wildman–Crippen MR) is 111 cm³/mol. The van der Waals surface area contributed by atoms with E-state index in [1.54, 1.807) is 11.1 Å². The highest BCUT2D eigenvalue weighted by Gasteiger charge is 2.21. The van der Waals surface area contributed by atoms with Crippen LogP contribution in [0, 0.1) is 0 Å². The number of amides is 2. The topological polar surface area (TPSA) is 74.3 Å². The molecule has 0 aliphatic carbocycles. The van der Waals surface area contributed by atoms with E-state index in [1.165, 1.54) is 0 Å². The molecule has 2 N–H and O–H groups in total. The van der Waals surface area contributed by atoms with Crippen molar-refractivity contribution in [3.63, 3.8) is 0 Å². The van der Waals surface area contributed by atoms with E-state index >= 15 is 0 Å². The van der Waals surface area contributed by atoms with Gasteiger partial charge in [0.05, 0.1) is 11.2 Å². The number of nitrogens with zero attached hydrogens (tertiary/aromatic N) is 2. The quantitative estimate of drug-likeness (QED) is 0.712. The highest BCUT2D eigenvalue weighted by molar-refractivity contribution is 6.03. The Morgan fingerprint density at radius 3 is 2.68 bits per heavy atom. The number of carbonyl (C=O) groups excluding carboxylic acids is 2. The highest BCUT2D eigenvalue weighted by atomic mass is 16.2. The van der Waals surface area contributed by atoms with Gasteiger partial charge in [0.2, 0.25) is 11.8 Å². The van der Waals surface area contributed by atoms with Crippen LogP contribution in [-0.2, 0) is 9.59 Å². The number of rotatable bonds is 5. The Balaban J connectivity index is 1.42. The molecule has 1 aromatic heterocycles. The number of hydrogen-bond donors (Lipinski definition) is 2. The molecule has 1 saturated heterocycles. The highest BCUT2D eigenvalue weighted by Crippen LogP contribution is 2.24. The van der Waals surface area contributed by atoms with E-state index in [9.17, 15) is 9.59 Å². The summed E-state index contributed by atoms with van der Waals surface area (Å²) in [7, 11) is 0. The van der Waals surface area contributed by atoms with Crippen molar-refractivity contribution in [1.82, 2.24) is 4.98 Å². The summed E-state index contributed by atoms with van der Waals surface area (Å²) in [5, 5.41) is 7.09. The largest absolute Gasteiger partial charge is 0.374 e. The van der Waals surface area contributed by atoms with Crippen LogP contribution in [0.3, 0.4) is 0 Å². The number of aromatic nitrogens is 1. The van der Waals surface area contributed by atoms with E-state index in [-0.39, 0.29) is 11.8 Å². The summed E-state index contributed by atoms with van der Waals surface area (Å²) in [5.74, 6) is 0.0354. The maximum Gasteiger partial charge on any atom is 0.246 e. The van der Waals surface area contributed by atoms with Gasteiger partial charge in [-0.15, -0.1) is 0 Å². The minimum atomic E-state index is -0.425. The van der Waals surface area contributed by atoms with Gasteiger partial charge in [0.25, 0.3) is 0 Å². The molecule has 0 radical (unpaired) electrons. The third-order valence-corrected chi connectivity index (χ3v) is 4.93. The van der Waals surface area contributed by atoms with Gasteiger partial charge in [-0.3, -0.25) is 14.6 Å². The zero-order valence-corrected chi connectivity index (χ0v) is 15.7. The number of carbonyl (C=O) groups is 2. The zero-order chi connectivity index (χ0) is 19.5. The Labute approximate surface area is 163 Å². The van der Waals surface area contributed by atoms with Crippen LogP contribution in [0.1, 0.15) is 19.8 Å². The third kappa shape index (κ3) is 3.67. The van der Waals surface area contributed by atoms with Gasteiger partial charge in [-0.25, -0.2) is 0 Å². The summed E-state index contributed by atoms with van der Waals surface area (Å²) in [6.45, 7) is 2.58. The van der Waals surface area contributed by atoms with Gasteiger partial charge < -0.3 is 15.5 Å². The lowest BCUT2D eigenvalue weighted by molar-refractivity contribution is -0.117. The summed E-state index contributed by atoms with van der Waals surface area (Å²) >= 11 is 0. The number of pyridine rings is 1. The fourth-order valence-corrected chi connectivity index (χ4v) is 3.43. The van der Waals surface area contributed by atoms with Gasteiger partial charge in [-0.2, -0.15) is 0 Å². The standard InChI is InChI=1S/C22H22N4O2/c1-15(22(28)25-20-7-2-6-19-18(20)5-3-13-23-19)24-16-9-11-17(12-10-16)26-14-4-8-21(26)27/h2-3,5-7,9-13,15,24H,4,8,14H2,1H3,(H,25,28)/t15-/m0/s1. The molecule has 2 amide bonds. The van der Waals surface area contributed by atoms with Crippen LogP contribution in [-0.4, -0.2) is 29.4 Å². The second-order valence-electron chi connectivity index (χ2n) is 6.93. The van der Waals surface area contributed by atoms with Crippen LogP contribution in [0.5, 0.6) is 0 Å². The van der Waals surface area contributed by atoms with Crippen molar-refractivity contribution in [1.29, 1.82) is 0 Å². The first-order valence-electron chi connectivity index (χ1n) is 9.43. The molecule has 1 aliphatic heterocycles. The normalized spacial score (nSPS) is 14.9. The number of nitrogens with one attached hydrogen (secondary N) is 2. The van der Waals surface area contributed by atoms with Crippen molar-refractivity contribution in [2.24, 2.45) is 0 Å². The molecular formula is C22H22N4O2. The zero-order valence-electron chi connectivity index (χ0n) is 15.7. The Bertz CT molecular complexity index is 1010. The van der Waals surface area contributed by atoms with Gasteiger partial charge in [0.15, 0.2) is 0 Å². The summed E-state index contributed by atoms with van der Waals surface area (Å²) in [4.78, 5) is 30.6. The van der Waals surface area contributed by atoms with Crippen LogP contribution in [0.2, 0.25) is 0 Å². The van der Waals surface area contributed by atoms with Crippen LogP contribution >= 0.6 is 0 Å². The maximum atomic E-state index is 12.6. The molecule has 0 unspecified atom stereocenters. The van der Waals surface area contributed by atoms with Gasteiger partial charge >= 0.3 is 0 Å².